The van der Waals surface area contributed by atoms with Crippen LogP contribution in [-0.4, -0.2) is 12.3 Å². The van der Waals surface area contributed by atoms with Gasteiger partial charge in [-0.3, -0.25) is 4.99 Å². The summed E-state index contributed by atoms with van der Waals surface area (Å²) in [6, 6.07) is 19.4. The minimum atomic E-state index is 0.469. The lowest BCUT2D eigenvalue weighted by atomic mass is 10.1. The van der Waals surface area contributed by atoms with E-state index in [0.717, 1.165) is 10.0 Å². The van der Waals surface area contributed by atoms with E-state index in [4.69, 9.17) is 0 Å². The van der Waals surface area contributed by atoms with Crippen molar-refractivity contribution < 1.29 is 0 Å². The van der Waals surface area contributed by atoms with Gasteiger partial charge in [0.25, 0.3) is 0 Å². The number of hydrogen-bond donors (Lipinski definition) is 0. The molecule has 90 valence electrons. The highest BCUT2D eigenvalue weighted by Gasteiger charge is 2.37. The molecule has 2 aromatic rings. The second-order valence-electron chi connectivity index (χ2n) is 4.65. The fourth-order valence-electron chi connectivity index (χ4n) is 2.14. The quantitative estimate of drug-likeness (QED) is 0.744. The van der Waals surface area contributed by atoms with Gasteiger partial charge >= 0.3 is 0 Å². The van der Waals surface area contributed by atoms with E-state index in [9.17, 15) is 0 Å². The maximum absolute atomic E-state index is 4.65. The molecule has 1 aliphatic rings. The molecule has 0 saturated heterocycles. The Morgan fingerprint density at radius 1 is 1.00 bits per heavy atom. The first-order valence-electron chi connectivity index (χ1n) is 6.16. The minimum Gasteiger partial charge on any atom is -0.289 e. The average Bonchev–Trinajstić information content (AvgIpc) is 3.19. The van der Waals surface area contributed by atoms with Gasteiger partial charge in [0.05, 0.1) is 6.04 Å². The van der Waals surface area contributed by atoms with E-state index in [1.54, 1.807) is 0 Å². The SMILES string of the molecule is Brc1ccc(C=N[C@H]2C[C@@H]2c2ccccc2)cc1. The summed E-state index contributed by atoms with van der Waals surface area (Å²) in [5.74, 6) is 0.623. The second kappa shape index (κ2) is 5.07. The Balaban J connectivity index is 1.64. The third-order valence-electron chi connectivity index (χ3n) is 3.27. The van der Waals surface area contributed by atoms with Crippen molar-refractivity contribution in [3.05, 3.63) is 70.2 Å². The van der Waals surface area contributed by atoms with Crippen LogP contribution in [-0.2, 0) is 0 Å². The minimum absolute atomic E-state index is 0.469. The lowest BCUT2D eigenvalue weighted by Gasteiger charge is -1.96. The molecule has 0 N–H and O–H groups in total. The second-order valence-corrected chi connectivity index (χ2v) is 5.57. The van der Waals surface area contributed by atoms with Gasteiger partial charge in [0.2, 0.25) is 0 Å². The number of benzene rings is 2. The summed E-state index contributed by atoms with van der Waals surface area (Å²) in [6.07, 6.45) is 3.16. The van der Waals surface area contributed by atoms with E-state index in [1.165, 1.54) is 12.0 Å². The average molecular weight is 300 g/mol. The summed E-state index contributed by atoms with van der Waals surface area (Å²) in [5, 5.41) is 0. The molecular weight excluding hydrogens is 286 g/mol. The van der Waals surface area contributed by atoms with Crippen molar-refractivity contribution in [3.63, 3.8) is 0 Å². The molecule has 0 heterocycles. The molecule has 0 unspecified atom stereocenters. The van der Waals surface area contributed by atoms with Crippen molar-refractivity contribution in [2.45, 2.75) is 18.4 Å². The standard InChI is InChI=1S/C16H14BrN/c17-14-8-6-12(7-9-14)11-18-16-10-15(16)13-4-2-1-3-5-13/h1-9,11,15-16H,10H2/t15-,16+/m1/s1. The Hall–Kier alpha value is -1.41. The van der Waals surface area contributed by atoms with E-state index in [2.05, 4.69) is 63.4 Å². The van der Waals surface area contributed by atoms with Crippen molar-refractivity contribution in [2.75, 3.05) is 0 Å². The van der Waals surface area contributed by atoms with E-state index in [1.807, 2.05) is 18.3 Å². The summed E-state index contributed by atoms with van der Waals surface area (Å²) in [6.45, 7) is 0. The maximum atomic E-state index is 4.65. The van der Waals surface area contributed by atoms with Crippen LogP contribution in [0.2, 0.25) is 0 Å². The van der Waals surface area contributed by atoms with E-state index < -0.39 is 0 Å². The van der Waals surface area contributed by atoms with E-state index >= 15 is 0 Å². The largest absolute Gasteiger partial charge is 0.289 e. The summed E-state index contributed by atoms with van der Waals surface area (Å²) in [5.41, 5.74) is 2.58. The molecule has 0 amide bonds. The lowest BCUT2D eigenvalue weighted by Crippen LogP contribution is -1.87. The van der Waals surface area contributed by atoms with Gasteiger partial charge in [-0.1, -0.05) is 58.4 Å². The molecule has 0 radical (unpaired) electrons. The number of nitrogens with zero attached hydrogens (tertiary/aromatic N) is 1. The third-order valence-corrected chi connectivity index (χ3v) is 3.80. The van der Waals surface area contributed by atoms with Crippen LogP contribution in [0.1, 0.15) is 23.5 Å². The molecule has 1 saturated carbocycles. The molecule has 1 fully saturated rings. The van der Waals surface area contributed by atoms with Crippen molar-refractivity contribution in [1.82, 2.24) is 0 Å². The monoisotopic (exact) mass is 299 g/mol. The summed E-state index contributed by atoms with van der Waals surface area (Å²) >= 11 is 3.43. The Labute approximate surface area is 116 Å². The molecule has 2 atom stereocenters. The Morgan fingerprint density at radius 2 is 1.72 bits per heavy atom. The zero-order valence-corrected chi connectivity index (χ0v) is 11.5. The molecule has 0 spiro atoms. The predicted octanol–water partition coefficient (Wildman–Crippen LogP) is 4.42. The molecule has 18 heavy (non-hydrogen) atoms. The van der Waals surface area contributed by atoms with Crippen LogP contribution < -0.4 is 0 Å². The van der Waals surface area contributed by atoms with Crippen LogP contribution in [0.25, 0.3) is 0 Å². The molecular formula is C16H14BrN. The molecule has 1 aliphatic carbocycles. The van der Waals surface area contributed by atoms with Crippen molar-refractivity contribution in [1.29, 1.82) is 0 Å². The van der Waals surface area contributed by atoms with Gasteiger partial charge in [-0.15, -0.1) is 0 Å². The Kier molecular flexibility index (Phi) is 3.28. The van der Waals surface area contributed by atoms with Crippen LogP contribution >= 0.6 is 15.9 Å². The molecule has 0 bridgehead atoms. The van der Waals surface area contributed by atoms with E-state index in [-0.39, 0.29) is 0 Å². The first-order chi connectivity index (χ1) is 8.83. The van der Waals surface area contributed by atoms with Crippen LogP contribution in [0.4, 0.5) is 0 Å². The van der Waals surface area contributed by atoms with Crippen molar-refractivity contribution >= 4 is 22.1 Å². The topological polar surface area (TPSA) is 12.4 Å². The van der Waals surface area contributed by atoms with Gasteiger partial charge < -0.3 is 0 Å². The first kappa shape index (κ1) is 11.7. The smallest absolute Gasteiger partial charge is 0.0575 e. The Bertz CT molecular complexity index is 545. The number of rotatable bonds is 3. The maximum Gasteiger partial charge on any atom is 0.0575 e. The van der Waals surface area contributed by atoms with E-state index in [0.29, 0.717) is 12.0 Å². The van der Waals surface area contributed by atoms with Gasteiger partial charge in [-0.05, 0) is 29.7 Å². The van der Waals surface area contributed by atoms with Gasteiger partial charge in [0.1, 0.15) is 0 Å². The fraction of sp³-hybridized carbons (Fsp3) is 0.188. The number of halogens is 1. The highest BCUT2D eigenvalue weighted by atomic mass is 79.9. The van der Waals surface area contributed by atoms with Crippen LogP contribution in [0.5, 0.6) is 0 Å². The van der Waals surface area contributed by atoms with Gasteiger partial charge in [0.15, 0.2) is 0 Å². The first-order valence-corrected chi connectivity index (χ1v) is 6.96. The number of hydrogen-bond acceptors (Lipinski definition) is 1. The highest BCUT2D eigenvalue weighted by Crippen LogP contribution is 2.43. The normalized spacial score (nSPS) is 22.3. The summed E-state index contributed by atoms with van der Waals surface area (Å²) in [7, 11) is 0. The summed E-state index contributed by atoms with van der Waals surface area (Å²) in [4.78, 5) is 4.65. The van der Waals surface area contributed by atoms with Crippen molar-refractivity contribution in [2.24, 2.45) is 4.99 Å². The van der Waals surface area contributed by atoms with Crippen LogP contribution in [0, 0.1) is 0 Å². The number of aliphatic imine (C=N–C) groups is 1. The molecule has 1 nitrogen and oxygen atoms in total. The third kappa shape index (κ3) is 2.70. The molecule has 2 aromatic carbocycles. The predicted molar refractivity (Wildman–Crippen MR) is 79.3 cm³/mol. The van der Waals surface area contributed by atoms with Crippen LogP contribution in [0.15, 0.2) is 64.1 Å². The highest BCUT2D eigenvalue weighted by molar-refractivity contribution is 9.10. The fourth-order valence-corrected chi connectivity index (χ4v) is 2.40. The van der Waals surface area contributed by atoms with Gasteiger partial charge in [-0.25, -0.2) is 0 Å². The van der Waals surface area contributed by atoms with Gasteiger partial charge in [0, 0.05) is 16.6 Å². The Morgan fingerprint density at radius 3 is 2.44 bits per heavy atom. The zero-order chi connectivity index (χ0) is 12.4. The molecule has 0 aromatic heterocycles. The zero-order valence-electron chi connectivity index (χ0n) is 9.96. The summed E-state index contributed by atoms with van der Waals surface area (Å²) < 4.78 is 1.10. The van der Waals surface area contributed by atoms with Crippen LogP contribution in [0.3, 0.4) is 0 Å². The lowest BCUT2D eigenvalue weighted by molar-refractivity contribution is 0.995. The molecule has 3 rings (SSSR count). The molecule has 2 heteroatoms. The molecule has 0 aliphatic heterocycles. The van der Waals surface area contributed by atoms with Crippen molar-refractivity contribution in [3.8, 4) is 0 Å². The van der Waals surface area contributed by atoms with Gasteiger partial charge in [-0.2, -0.15) is 0 Å².